The van der Waals surface area contributed by atoms with Gasteiger partial charge in [-0.15, -0.1) is 11.3 Å². The number of aromatic nitrogens is 1. The van der Waals surface area contributed by atoms with Gasteiger partial charge in [-0.1, -0.05) is 20.3 Å². The van der Waals surface area contributed by atoms with Crippen molar-refractivity contribution in [3.63, 3.8) is 0 Å². The molecule has 0 aromatic carbocycles. The summed E-state index contributed by atoms with van der Waals surface area (Å²) in [7, 11) is 0. The van der Waals surface area contributed by atoms with Crippen LogP contribution in [0.5, 0.6) is 0 Å². The Hall–Kier alpha value is -0.740. The highest BCUT2D eigenvalue weighted by molar-refractivity contribution is 7.09. The van der Waals surface area contributed by atoms with E-state index in [1.807, 2.05) is 0 Å². The third-order valence-corrected chi connectivity index (χ3v) is 4.89. The van der Waals surface area contributed by atoms with E-state index in [9.17, 15) is 4.79 Å². The van der Waals surface area contributed by atoms with E-state index in [4.69, 9.17) is 4.98 Å². The number of carbonyl (C=O) groups is 1. The summed E-state index contributed by atoms with van der Waals surface area (Å²) in [6.45, 7) is 8.07. The maximum atomic E-state index is 11.4. The van der Waals surface area contributed by atoms with Crippen LogP contribution in [0.1, 0.15) is 63.1 Å². The molecule has 1 unspecified atom stereocenters. The minimum atomic E-state index is 0.304. The second-order valence-electron chi connectivity index (χ2n) is 5.86. The van der Waals surface area contributed by atoms with E-state index >= 15 is 0 Å². The number of carbonyl (C=O) groups excluding carboxylic acids is 1. The van der Waals surface area contributed by atoms with Gasteiger partial charge in [-0.2, -0.15) is 0 Å². The van der Waals surface area contributed by atoms with E-state index in [2.05, 4.69) is 24.1 Å². The number of likely N-dealkylation sites (tertiary alicyclic amines) is 1. The number of nitrogens with zero attached hydrogens (tertiary/aromatic N) is 2. The Morgan fingerprint density at radius 1 is 1.53 bits per heavy atom. The summed E-state index contributed by atoms with van der Waals surface area (Å²) in [4.78, 5) is 18.5. The highest BCUT2D eigenvalue weighted by atomic mass is 32.1. The molecule has 3 nitrogen and oxygen atoms in total. The van der Waals surface area contributed by atoms with Gasteiger partial charge >= 0.3 is 0 Å². The molecule has 0 amide bonds. The second-order valence-corrected chi connectivity index (χ2v) is 6.75. The van der Waals surface area contributed by atoms with Gasteiger partial charge in [0, 0.05) is 30.3 Å². The molecule has 0 bridgehead atoms. The third-order valence-electron chi connectivity index (χ3n) is 3.70. The lowest BCUT2D eigenvalue weighted by atomic mass is 9.97. The van der Waals surface area contributed by atoms with E-state index in [1.165, 1.54) is 23.5 Å². The molecule has 1 aliphatic heterocycles. The van der Waals surface area contributed by atoms with Crippen LogP contribution in [0.2, 0.25) is 0 Å². The van der Waals surface area contributed by atoms with Gasteiger partial charge in [0.2, 0.25) is 0 Å². The van der Waals surface area contributed by atoms with Gasteiger partial charge in [-0.3, -0.25) is 9.69 Å². The first-order chi connectivity index (χ1) is 9.06. The Kier molecular flexibility index (Phi) is 5.11. The Morgan fingerprint density at radius 2 is 2.32 bits per heavy atom. The average Bonchev–Trinajstić information content (AvgIpc) is 2.80. The van der Waals surface area contributed by atoms with Crippen LogP contribution < -0.4 is 0 Å². The topological polar surface area (TPSA) is 33.2 Å². The third kappa shape index (κ3) is 4.11. The number of piperidine rings is 1. The molecule has 1 fully saturated rings. The zero-order valence-electron chi connectivity index (χ0n) is 12.2. The molecule has 4 heteroatoms. The summed E-state index contributed by atoms with van der Waals surface area (Å²) in [5.74, 6) is 0.811. The normalized spacial score (nSPS) is 20.9. The van der Waals surface area contributed by atoms with Crippen LogP contribution in [0.15, 0.2) is 5.38 Å². The highest BCUT2D eigenvalue weighted by Crippen LogP contribution is 2.24. The van der Waals surface area contributed by atoms with Gasteiger partial charge in [0.15, 0.2) is 0 Å². The lowest BCUT2D eigenvalue weighted by Gasteiger charge is -2.34. The lowest BCUT2D eigenvalue weighted by Crippen LogP contribution is -2.40. The molecular formula is C15H24N2OS. The van der Waals surface area contributed by atoms with Gasteiger partial charge in [0.1, 0.15) is 5.78 Å². The van der Waals surface area contributed by atoms with Crippen molar-refractivity contribution in [1.82, 2.24) is 9.88 Å². The molecule has 19 heavy (non-hydrogen) atoms. The molecule has 1 atom stereocenters. The molecule has 1 saturated heterocycles. The maximum Gasteiger partial charge on any atom is 0.131 e. The second kappa shape index (κ2) is 6.62. The van der Waals surface area contributed by atoms with E-state index in [0.29, 0.717) is 24.2 Å². The van der Waals surface area contributed by atoms with Crippen molar-refractivity contribution >= 4 is 17.1 Å². The average molecular weight is 280 g/mol. The van der Waals surface area contributed by atoms with Crippen LogP contribution >= 0.6 is 11.3 Å². The minimum absolute atomic E-state index is 0.304. The van der Waals surface area contributed by atoms with Gasteiger partial charge in [0.05, 0.1) is 10.7 Å². The Balaban J connectivity index is 1.99. The molecule has 0 spiro atoms. The van der Waals surface area contributed by atoms with Crippen LogP contribution in [0, 0.1) is 0 Å². The van der Waals surface area contributed by atoms with Crippen molar-refractivity contribution in [2.45, 2.75) is 65.0 Å². The Labute approximate surface area is 120 Å². The number of Topliss-reactive ketones (excluding diaryl/α,β-unsaturated/α-hetero) is 1. The fraction of sp³-hybridized carbons (Fsp3) is 0.733. The molecule has 0 aliphatic carbocycles. The largest absolute Gasteiger partial charge is 0.300 e. The van der Waals surface area contributed by atoms with Crippen molar-refractivity contribution in [2.24, 2.45) is 0 Å². The summed E-state index contributed by atoms with van der Waals surface area (Å²) in [6.07, 6.45) is 4.35. The van der Waals surface area contributed by atoms with Gasteiger partial charge < -0.3 is 0 Å². The lowest BCUT2D eigenvalue weighted by molar-refractivity contribution is -0.118. The number of hydrogen-bond donors (Lipinski definition) is 0. The Bertz CT molecular complexity index is 428. The van der Waals surface area contributed by atoms with Crippen LogP contribution in [0.3, 0.4) is 0 Å². The minimum Gasteiger partial charge on any atom is -0.300 e. The molecule has 1 aliphatic rings. The van der Waals surface area contributed by atoms with Gasteiger partial charge in [0.25, 0.3) is 0 Å². The molecule has 1 aromatic rings. The fourth-order valence-electron chi connectivity index (χ4n) is 2.70. The number of thiazole rings is 1. The van der Waals surface area contributed by atoms with Gasteiger partial charge in [-0.05, 0) is 26.3 Å². The molecule has 0 saturated carbocycles. The first-order valence-electron chi connectivity index (χ1n) is 7.24. The molecule has 0 radical (unpaired) electrons. The molecule has 106 valence electrons. The van der Waals surface area contributed by atoms with E-state index in [0.717, 1.165) is 19.5 Å². The van der Waals surface area contributed by atoms with Crippen LogP contribution in [0.25, 0.3) is 0 Å². The summed E-state index contributed by atoms with van der Waals surface area (Å²) in [6, 6.07) is 0.426. The van der Waals surface area contributed by atoms with Crippen LogP contribution in [-0.4, -0.2) is 28.3 Å². The van der Waals surface area contributed by atoms with Gasteiger partial charge in [-0.25, -0.2) is 4.98 Å². The summed E-state index contributed by atoms with van der Waals surface area (Å²) >= 11 is 1.76. The van der Waals surface area contributed by atoms with Crippen molar-refractivity contribution in [2.75, 3.05) is 6.54 Å². The smallest absolute Gasteiger partial charge is 0.131 e. The monoisotopic (exact) mass is 280 g/mol. The predicted octanol–water partition coefficient (Wildman–Crippen LogP) is 3.60. The number of ketones is 1. The zero-order valence-corrected chi connectivity index (χ0v) is 13.0. The first kappa shape index (κ1) is 14.7. The first-order valence-corrected chi connectivity index (χ1v) is 8.12. The molecule has 1 aromatic heterocycles. The number of rotatable bonds is 5. The zero-order chi connectivity index (χ0) is 13.8. The molecular weight excluding hydrogens is 256 g/mol. The molecule has 0 N–H and O–H groups in total. The molecule has 2 rings (SSSR count). The Morgan fingerprint density at radius 3 is 2.95 bits per heavy atom. The standard InChI is InChI=1S/C15H24N2OS/c1-11(2)15-16-13(10-19-15)9-17-7-5-4-6-14(17)8-12(3)18/h10-11,14H,4-9H2,1-3H3. The summed E-state index contributed by atoms with van der Waals surface area (Å²) in [5, 5.41) is 3.39. The quantitative estimate of drug-likeness (QED) is 0.826. The maximum absolute atomic E-state index is 11.4. The van der Waals surface area contributed by atoms with E-state index < -0.39 is 0 Å². The summed E-state index contributed by atoms with van der Waals surface area (Å²) in [5.41, 5.74) is 1.17. The van der Waals surface area contributed by atoms with E-state index in [-0.39, 0.29) is 0 Å². The predicted molar refractivity (Wildman–Crippen MR) is 79.6 cm³/mol. The fourth-order valence-corrected chi connectivity index (χ4v) is 3.53. The van der Waals surface area contributed by atoms with Crippen molar-refractivity contribution in [1.29, 1.82) is 0 Å². The van der Waals surface area contributed by atoms with Crippen molar-refractivity contribution in [3.8, 4) is 0 Å². The number of hydrogen-bond acceptors (Lipinski definition) is 4. The summed E-state index contributed by atoms with van der Waals surface area (Å²) < 4.78 is 0. The molecule has 2 heterocycles. The van der Waals surface area contributed by atoms with E-state index in [1.54, 1.807) is 18.3 Å². The van der Waals surface area contributed by atoms with Crippen molar-refractivity contribution in [3.05, 3.63) is 16.1 Å². The van der Waals surface area contributed by atoms with Crippen LogP contribution in [0.4, 0.5) is 0 Å². The highest BCUT2D eigenvalue weighted by Gasteiger charge is 2.24. The van der Waals surface area contributed by atoms with Crippen molar-refractivity contribution < 1.29 is 4.79 Å². The van der Waals surface area contributed by atoms with Crippen LogP contribution in [-0.2, 0) is 11.3 Å². The SMILES string of the molecule is CC(=O)CC1CCCCN1Cc1csc(C(C)C)n1.